The largest absolute Gasteiger partial charge is 0.313 e. The molecule has 1 fully saturated rings. The summed E-state index contributed by atoms with van der Waals surface area (Å²) in [4.78, 5) is 5.06. The number of rotatable bonds is 5. The minimum absolute atomic E-state index is 0.0967. The highest BCUT2D eigenvalue weighted by Crippen LogP contribution is 2.12. The van der Waals surface area contributed by atoms with Gasteiger partial charge in [0, 0.05) is 23.7 Å². The number of nitrogens with one attached hydrogen (secondary N) is 2. The van der Waals surface area contributed by atoms with Crippen molar-refractivity contribution in [2.24, 2.45) is 0 Å². The van der Waals surface area contributed by atoms with Crippen LogP contribution in [0.2, 0.25) is 0 Å². The molecule has 102 valence electrons. The lowest BCUT2D eigenvalue weighted by Crippen LogP contribution is -2.42. The Morgan fingerprint density at radius 2 is 2.39 bits per heavy atom. The van der Waals surface area contributed by atoms with Crippen LogP contribution in [-0.4, -0.2) is 31.7 Å². The molecule has 7 heteroatoms. The van der Waals surface area contributed by atoms with Crippen molar-refractivity contribution in [1.82, 2.24) is 15.0 Å². The van der Waals surface area contributed by atoms with Crippen molar-refractivity contribution in [3.8, 4) is 0 Å². The molecule has 1 aromatic heterocycles. The van der Waals surface area contributed by atoms with Crippen molar-refractivity contribution >= 4 is 21.4 Å². The van der Waals surface area contributed by atoms with E-state index < -0.39 is 10.0 Å². The SMILES string of the molecule is Cc1ncc(CNS(=O)(=O)CC2CCCCN2)s1. The molecule has 5 nitrogen and oxygen atoms in total. The summed E-state index contributed by atoms with van der Waals surface area (Å²) in [7, 11) is -3.20. The number of piperidine rings is 1. The Kier molecular flexibility index (Phi) is 4.71. The zero-order valence-corrected chi connectivity index (χ0v) is 12.1. The van der Waals surface area contributed by atoms with Crippen LogP contribution in [0.25, 0.3) is 0 Å². The Morgan fingerprint density at radius 1 is 1.56 bits per heavy atom. The van der Waals surface area contributed by atoms with Gasteiger partial charge in [-0.05, 0) is 26.3 Å². The van der Waals surface area contributed by atoms with E-state index in [1.54, 1.807) is 6.20 Å². The fraction of sp³-hybridized carbons (Fsp3) is 0.727. The second-order valence-electron chi connectivity index (χ2n) is 4.59. The molecule has 0 saturated carbocycles. The molecule has 1 saturated heterocycles. The van der Waals surface area contributed by atoms with Gasteiger partial charge in [0.1, 0.15) is 0 Å². The van der Waals surface area contributed by atoms with Crippen LogP contribution in [0.3, 0.4) is 0 Å². The smallest absolute Gasteiger partial charge is 0.213 e. The first-order chi connectivity index (χ1) is 8.55. The van der Waals surface area contributed by atoms with Crippen LogP contribution in [0.5, 0.6) is 0 Å². The average molecular weight is 289 g/mol. The van der Waals surface area contributed by atoms with E-state index in [0.717, 1.165) is 35.7 Å². The zero-order chi connectivity index (χ0) is 13.0. The predicted octanol–water partition coefficient (Wildman–Crippen LogP) is 1.01. The van der Waals surface area contributed by atoms with Crippen molar-refractivity contribution in [3.05, 3.63) is 16.1 Å². The summed E-state index contributed by atoms with van der Waals surface area (Å²) in [5.41, 5.74) is 0. The Morgan fingerprint density at radius 3 is 3.00 bits per heavy atom. The van der Waals surface area contributed by atoms with Gasteiger partial charge in [-0.25, -0.2) is 18.1 Å². The molecule has 1 unspecified atom stereocenters. The first kappa shape index (κ1) is 13.9. The summed E-state index contributed by atoms with van der Waals surface area (Å²) in [5, 5.41) is 4.21. The first-order valence-electron chi connectivity index (χ1n) is 6.17. The van der Waals surface area contributed by atoms with Gasteiger partial charge in [-0.15, -0.1) is 11.3 Å². The van der Waals surface area contributed by atoms with Gasteiger partial charge in [0.25, 0.3) is 0 Å². The Hall–Kier alpha value is -0.500. The number of sulfonamides is 1. The van der Waals surface area contributed by atoms with E-state index in [4.69, 9.17) is 0 Å². The van der Waals surface area contributed by atoms with Gasteiger partial charge in [0.2, 0.25) is 10.0 Å². The van der Waals surface area contributed by atoms with Gasteiger partial charge in [-0.3, -0.25) is 0 Å². The molecule has 0 amide bonds. The molecule has 2 heterocycles. The quantitative estimate of drug-likeness (QED) is 0.849. The van der Waals surface area contributed by atoms with Gasteiger partial charge < -0.3 is 5.32 Å². The van der Waals surface area contributed by atoms with Gasteiger partial charge in [-0.2, -0.15) is 0 Å². The Bertz CT molecular complexity index is 478. The number of thiazole rings is 1. The highest BCUT2D eigenvalue weighted by Gasteiger charge is 2.20. The summed E-state index contributed by atoms with van der Waals surface area (Å²) in [5.74, 6) is 0.171. The predicted molar refractivity (Wildman–Crippen MR) is 73.1 cm³/mol. The van der Waals surface area contributed by atoms with Crippen LogP contribution in [0.15, 0.2) is 6.20 Å². The maximum absolute atomic E-state index is 11.9. The Balaban J connectivity index is 1.83. The molecule has 1 aliphatic rings. The van der Waals surface area contributed by atoms with Crippen LogP contribution in [0, 0.1) is 6.92 Å². The average Bonchev–Trinajstić information content (AvgIpc) is 2.74. The van der Waals surface area contributed by atoms with Crippen LogP contribution in [0.1, 0.15) is 29.1 Å². The monoisotopic (exact) mass is 289 g/mol. The van der Waals surface area contributed by atoms with Crippen molar-refractivity contribution < 1.29 is 8.42 Å². The van der Waals surface area contributed by atoms with E-state index in [1.165, 1.54) is 11.3 Å². The van der Waals surface area contributed by atoms with Crippen molar-refractivity contribution in [2.75, 3.05) is 12.3 Å². The maximum atomic E-state index is 11.9. The second-order valence-corrected chi connectivity index (χ2v) is 7.77. The van der Waals surface area contributed by atoms with E-state index in [9.17, 15) is 8.42 Å². The van der Waals surface area contributed by atoms with Gasteiger partial charge in [0.15, 0.2) is 0 Å². The first-order valence-corrected chi connectivity index (χ1v) is 8.64. The summed E-state index contributed by atoms with van der Waals surface area (Å²) < 4.78 is 26.5. The lowest BCUT2D eigenvalue weighted by molar-refractivity contribution is 0.422. The molecule has 1 aliphatic heterocycles. The summed E-state index contributed by atoms with van der Waals surface area (Å²) in [6, 6.07) is 0.0967. The van der Waals surface area contributed by atoms with Crippen LogP contribution in [0.4, 0.5) is 0 Å². The number of hydrogen-bond acceptors (Lipinski definition) is 5. The normalized spacial score (nSPS) is 21.1. The van der Waals surface area contributed by atoms with E-state index in [2.05, 4.69) is 15.0 Å². The number of nitrogens with zero attached hydrogens (tertiary/aromatic N) is 1. The number of hydrogen-bond donors (Lipinski definition) is 2. The van der Waals surface area contributed by atoms with Crippen molar-refractivity contribution in [2.45, 2.75) is 38.8 Å². The molecular weight excluding hydrogens is 270 g/mol. The van der Waals surface area contributed by atoms with Gasteiger partial charge in [0.05, 0.1) is 10.8 Å². The van der Waals surface area contributed by atoms with Crippen molar-refractivity contribution in [3.63, 3.8) is 0 Å². The standard InChI is InChI=1S/C11H19N3O2S2/c1-9-13-6-11(17-9)7-14-18(15,16)8-10-4-2-3-5-12-10/h6,10,12,14H,2-5,7-8H2,1H3. The molecule has 0 bridgehead atoms. The molecule has 1 aromatic rings. The number of aryl methyl sites for hydroxylation is 1. The second kappa shape index (κ2) is 6.10. The van der Waals surface area contributed by atoms with E-state index in [1.807, 2.05) is 6.92 Å². The minimum Gasteiger partial charge on any atom is -0.313 e. The zero-order valence-electron chi connectivity index (χ0n) is 10.5. The fourth-order valence-corrected chi connectivity index (χ4v) is 4.19. The van der Waals surface area contributed by atoms with E-state index in [-0.39, 0.29) is 11.8 Å². The summed E-state index contributed by atoms with van der Waals surface area (Å²) >= 11 is 1.52. The third kappa shape index (κ3) is 4.31. The van der Waals surface area contributed by atoms with Crippen LogP contribution >= 0.6 is 11.3 Å². The topological polar surface area (TPSA) is 71.1 Å². The summed E-state index contributed by atoms with van der Waals surface area (Å²) in [6.07, 6.45) is 4.92. The summed E-state index contributed by atoms with van der Waals surface area (Å²) in [6.45, 7) is 3.18. The number of aromatic nitrogens is 1. The van der Waals surface area contributed by atoms with Crippen LogP contribution in [-0.2, 0) is 16.6 Å². The molecule has 0 aromatic carbocycles. The molecular formula is C11H19N3O2S2. The van der Waals surface area contributed by atoms with Gasteiger partial charge in [-0.1, -0.05) is 6.42 Å². The molecule has 2 N–H and O–H groups in total. The lowest BCUT2D eigenvalue weighted by Gasteiger charge is -2.23. The fourth-order valence-electron chi connectivity index (χ4n) is 2.06. The third-order valence-corrected chi connectivity index (χ3v) is 5.31. The molecule has 0 spiro atoms. The van der Waals surface area contributed by atoms with E-state index in [0.29, 0.717) is 6.54 Å². The Labute approximate surface area is 112 Å². The molecule has 0 radical (unpaired) electrons. The highest BCUT2D eigenvalue weighted by molar-refractivity contribution is 7.89. The lowest BCUT2D eigenvalue weighted by atomic mass is 10.1. The van der Waals surface area contributed by atoms with Gasteiger partial charge >= 0.3 is 0 Å². The minimum atomic E-state index is -3.20. The van der Waals surface area contributed by atoms with Crippen LogP contribution < -0.4 is 10.0 Å². The highest BCUT2D eigenvalue weighted by atomic mass is 32.2. The molecule has 2 rings (SSSR count). The van der Waals surface area contributed by atoms with Crippen molar-refractivity contribution in [1.29, 1.82) is 0 Å². The molecule has 0 aliphatic carbocycles. The molecule has 18 heavy (non-hydrogen) atoms. The third-order valence-electron chi connectivity index (χ3n) is 2.97. The molecule has 1 atom stereocenters. The maximum Gasteiger partial charge on any atom is 0.213 e. The van der Waals surface area contributed by atoms with E-state index >= 15 is 0 Å².